The summed E-state index contributed by atoms with van der Waals surface area (Å²) in [4.78, 5) is 29.6. The number of thiazole rings is 1. The number of ether oxygens (including phenoxy) is 1. The van der Waals surface area contributed by atoms with Crippen molar-refractivity contribution in [3.05, 3.63) is 99.8 Å². The van der Waals surface area contributed by atoms with E-state index in [1.807, 2.05) is 83.1 Å². The van der Waals surface area contributed by atoms with Crippen LogP contribution in [0.4, 0.5) is 4.79 Å². The number of alkyl carbamates (subject to hydrolysis) is 1. The second-order valence-corrected chi connectivity index (χ2v) is 11.1. The van der Waals surface area contributed by atoms with E-state index in [1.54, 1.807) is 11.3 Å². The van der Waals surface area contributed by atoms with E-state index < -0.39 is 11.7 Å². The predicted molar refractivity (Wildman–Crippen MR) is 151 cm³/mol. The summed E-state index contributed by atoms with van der Waals surface area (Å²) >= 11 is 1.63. The van der Waals surface area contributed by atoms with Gasteiger partial charge in [0.25, 0.3) is 5.91 Å². The highest BCUT2D eigenvalue weighted by atomic mass is 32.1. The Labute approximate surface area is 227 Å². The molecule has 0 spiro atoms. The molecule has 0 saturated heterocycles. The van der Waals surface area contributed by atoms with Crippen LogP contribution in [0.1, 0.15) is 59.3 Å². The first-order chi connectivity index (χ1) is 18.1. The zero-order valence-corrected chi connectivity index (χ0v) is 23.3. The minimum Gasteiger partial charge on any atom is -0.444 e. The summed E-state index contributed by atoms with van der Waals surface area (Å²) in [7, 11) is 0. The van der Waals surface area contributed by atoms with E-state index in [1.165, 1.54) is 0 Å². The van der Waals surface area contributed by atoms with Gasteiger partial charge in [0.2, 0.25) is 0 Å². The molecule has 2 amide bonds. The van der Waals surface area contributed by atoms with Gasteiger partial charge < -0.3 is 19.9 Å². The molecule has 2 aromatic heterocycles. The summed E-state index contributed by atoms with van der Waals surface area (Å²) in [5.41, 5.74) is 6.08. The molecule has 4 rings (SSSR count). The minimum atomic E-state index is -0.531. The molecule has 2 heterocycles. The van der Waals surface area contributed by atoms with Gasteiger partial charge in [0.05, 0.1) is 17.8 Å². The number of nitrogens with one attached hydrogen (secondary N) is 2. The van der Waals surface area contributed by atoms with E-state index in [4.69, 9.17) is 9.72 Å². The van der Waals surface area contributed by atoms with Crippen LogP contribution in [0, 0.1) is 13.8 Å². The standard InChI is InChI=1S/C30H34N4O3S/c1-20-15-26(21(2)34(20)18-25-19-38-28(33-25)24-9-7-6-8-10-24)27(35)31-16-22-11-13-23(14-12-22)17-32-29(36)37-30(3,4)5/h6-15,19H,16-18H2,1-5H3,(H,31,35)(H,32,36). The van der Waals surface area contributed by atoms with Crippen molar-refractivity contribution in [2.24, 2.45) is 0 Å². The highest BCUT2D eigenvalue weighted by Crippen LogP contribution is 2.25. The van der Waals surface area contributed by atoms with Crippen molar-refractivity contribution in [3.8, 4) is 10.6 Å². The second-order valence-electron chi connectivity index (χ2n) is 10.2. The number of hydrogen-bond acceptors (Lipinski definition) is 5. The van der Waals surface area contributed by atoms with Crippen LogP contribution < -0.4 is 10.6 Å². The zero-order valence-electron chi connectivity index (χ0n) is 22.5. The third-order valence-electron chi connectivity index (χ3n) is 6.02. The van der Waals surface area contributed by atoms with Crippen LogP contribution in [-0.4, -0.2) is 27.2 Å². The zero-order chi connectivity index (χ0) is 27.3. The van der Waals surface area contributed by atoms with Crippen LogP contribution in [0.5, 0.6) is 0 Å². The Kier molecular flexibility index (Phi) is 8.32. The number of amides is 2. The van der Waals surface area contributed by atoms with E-state index in [2.05, 4.69) is 32.7 Å². The van der Waals surface area contributed by atoms with E-state index in [-0.39, 0.29) is 5.91 Å². The molecule has 0 aliphatic rings. The molecule has 0 unspecified atom stereocenters. The molecule has 8 heteroatoms. The van der Waals surface area contributed by atoms with Crippen molar-refractivity contribution in [2.75, 3.05) is 0 Å². The number of hydrogen-bond donors (Lipinski definition) is 2. The highest BCUT2D eigenvalue weighted by Gasteiger charge is 2.17. The molecular weight excluding hydrogens is 496 g/mol. The second kappa shape index (κ2) is 11.6. The summed E-state index contributed by atoms with van der Waals surface area (Å²) in [6.45, 7) is 10.9. The first kappa shape index (κ1) is 27.1. The normalized spacial score (nSPS) is 11.3. The third kappa shape index (κ3) is 7.10. The van der Waals surface area contributed by atoms with Crippen LogP contribution in [0.2, 0.25) is 0 Å². The molecule has 0 aliphatic carbocycles. The maximum atomic E-state index is 13.0. The van der Waals surface area contributed by atoms with Crippen molar-refractivity contribution in [3.63, 3.8) is 0 Å². The van der Waals surface area contributed by atoms with Crippen molar-refractivity contribution in [1.82, 2.24) is 20.2 Å². The van der Waals surface area contributed by atoms with Gasteiger partial charge in [-0.05, 0) is 51.8 Å². The summed E-state index contributed by atoms with van der Waals surface area (Å²) in [5, 5.41) is 8.85. The fraction of sp³-hybridized carbons (Fsp3) is 0.300. The SMILES string of the molecule is Cc1cc(C(=O)NCc2ccc(CNC(=O)OC(C)(C)C)cc2)c(C)n1Cc1csc(-c2ccccc2)n1. The van der Waals surface area contributed by atoms with Gasteiger partial charge in [0.15, 0.2) is 0 Å². The largest absolute Gasteiger partial charge is 0.444 e. The van der Waals surface area contributed by atoms with E-state index in [0.29, 0.717) is 25.2 Å². The Hall–Kier alpha value is -3.91. The lowest BCUT2D eigenvalue weighted by Gasteiger charge is -2.19. The first-order valence-electron chi connectivity index (χ1n) is 12.6. The minimum absolute atomic E-state index is 0.108. The first-order valence-corrected chi connectivity index (χ1v) is 13.5. The van der Waals surface area contributed by atoms with Gasteiger partial charge in [-0.25, -0.2) is 9.78 Å². The van der Waals surface area contributed by atoms with Gasteiger partial charge in [-0.15, -0.1) is 11.3 Å². The van der Waals surface area contributed by atoms with Gasteiger partial charge in [-0.1, -0.05) is 54.6 Å². The number of aromatic nitrogens is 2. The summed E-state index contributed by atoms with van der Waals surface area (Å²) in [6, 6.07) is 19.8. The van der Waals surface area contributed by atoms with Gasteiger partial charge in [0, 0.05) is 35.4 Å². The van der Waals surface area contributed by atoms with Crippen LogP contribution >= 0.6 is 11.3 Å². The molecule has 4 aromatic rings. The summed E-state index contributed by atoms with van der Waals surface area (Å²) < 4.78 is 7.39. The molecule has 198 valence electrons. The predicted octanol–water partition coefficient (Wildman–Crippen LogP) is 6.23. The Bertz CT molecular complexity index is 1400. The molecule has 7 nitrogen and oxygen atoms in total. The van der Waals surface area contributed by atoms with E-state index in [9.17, 15) is 9.59 Å². The summed E-state index contributed by atoms with van der Waals surface area (Å²) in [6.07, 6.45) is -0.446. The fourth-order valence-corrected chi connectivity index (χ4v) is 4.89. The molecule has 2 aromatic carbocycles. The van der Waals surface area contributed by atoms with Gasteiger partial charge in [-0.2, -0.15) is 0 Å². The lowest BCUT2D eigenvalue weighted by atomic mass is 10.1. The number of carbonyl (C=O) groups is 2. The van der Waals surface area contributed by atoms with Crippen LogP contribution in [-0.2, 0) is 24.4 Å². The molecular formula is C30H34N4O3S. The smallest absolute Gasteiger partial charge is 0.407 e. The molecule has 0 saturated carbocycles. The molecule has 0 radical (unpaired) electrons. The Balaban J connectivity index is 1.33. The van der Waals surface area contributed by atoms with Gasteiger partial charge in [0.1, 0.15) is 10.6 Å². The number of aryl methyl sites for hydroxylation is 1. The topological polar surface area (TPSA) is 85.3 Å². The van der Waals surface area contributed by atoms with Crippen molar-refractivity contribution in [1.29, 1.82) is 0 Å². The van der Waals surface area contributed by atoms with Gasteiger partial charge in [-0.3, -0.25) is 4.79 Å². The average Bonchev–Trinajstić information content (AvgIpc) is 3.46. The summed E-state index contributed by atoms with van der Waals surface area (Å²) in [5.74, 6) is -0.108. The third-order valence-corrected chi connectivity index (χ3v) is 6.96. The number of carbonyl (C=O) groups excluding carboxylic acids is 2. The average molecular weight is 531 g/mol. The van der Waals surface area contributed by atoms with Crippen LogP contribution in [0.15, 0.2) is 66.0 Å². The monoisotopic (exact) mass is 530 g/mol. The Morgan fingerprint density at radius 2 is 1.58 bits per heavy atom. The maximum Gasteiger partial charge on any atom is 0.407 e. The quantitative estimate of drug-likeness (QED) is 0.283. The molecule has 0 fully saturated rings. The van der Waals surface area contributed by atoms with Crippen molar-refractivity contribution in [2.45, 2.75) is 59.9 Å². The molecule has 2 N–H and O–H groups in total. The van der Waals surface area contributed by atoms with E-state index >= 15 is 0 Å². The van der Waals surface area contributed by atoms with Crippen LogP contribution in [0.25, 0.3) is 10.6 Å². The molecule has 38 heavy (non-hydrogen) atoms. The Morgan fingerprint density at radius 1 is 0.947 bits per heavy atom. The highest BCUT2D eigenvalue weighted by molar-refractivity contribution is 7.13. The molecule has 0 bridgehead atoms. The Morgan fingerprint density at radius 3 is 2.21 bits per heavy atom. The van der Waals surface area contributed by atoms with Crippen molar-refractivity contribution < 1.29 is 14.3 Å². The number of benzene rings is 2. The number of rotatable bonds is 8. The van der Waals surface area contributed by atoms with Crippen LogP contribution in [0.3, 0.4) is 0 Å². The fourth-order valence-electron chi connectivity index (χ4n) is 4.07. The van der Waals surface area contributed by atoms with Gasteiger partial charge >= 0.3 is 6.09 Å². The lowest BCUT2D eigenvalue weighted by molar-refractivity contribution is 0.0523. The maximum absolute atomic E-state index is 13.0. The van der Waals surface area contributed by atoms with E-state index in [0.717, 1.165) is 38.8 Å². The number of nitrogens with zero attached hydrogens (tertiary/aromatic N) is 2. The lowest BCUT2D eigenvalue weighted by Crippen LogP contribution is -2.32. The molecule has 0 aliphatic heterocycles. The molecule has 0 atom stereocenters. The van der Waals surface area contributed by atoms with Crippen molar-refractivity contribution >= 4 is 23.3 Å².